The molecule has 5 rings (SSSR count). The molecule has 0 spiro atoms. The summed E-state index contributed by atoms with van der Waals surface area (Å²) in [6.45, 7) is 5.59. The van der Waals surface area contributed by atoms with Gasteiger partial charge in [-0.05, 0) is 36.1 Å². The zero-order chi connectivity index (χ0) is 17.7. The predicted octanol–water partition coefficient (Wildman–Crippen LogP) is 3.06. The van der Waals surface area contributed by atoms with Crippen molar-refractivity contribution in [3.8, 4) is 5.75 Å². The van der Waals surface area contributed by atoms with Crippen molar-refractivity contribution in [2.45, 2.75) is 24.8 Å². The fourth-order valence-corrected chi connectivity index (χ4v) is 5.18. The molecule has 4 heteroatoms. The number of piperidine rings is 1. The lowest BCUT2D eigenvalue weighted by atomic mass is 9.89. The van der Waals surface area contributed by atoms with Crippen LogP contribution >= 0.6 is 0 Å². The molecule has 1 fully saturated rings. The number of benzene rings is 2. The van der Waals surface area contributed by atoms with E-state index in [9.17, 15) is 5.11 Å². The number of rotatable bonds is 3. The van der Waals surface area contributed by atoms with E-state index in [0.717, 1.165) is 44.7 Å². The van der Waals surface area contributed by atoms with Crippen LogP contribution in [0.5, 0.6) is 5.75 Å². The van der Waals surface area contributed by atoms with Gasteiger partial charge in [0.2, 0.25) is 0 Å². The number of nitrogens with zero attached hydrogens (tertiary/aromatic N) is 3. The molecule has 2 aromatic rings. The Kier molecular flexibility index (Phi) is 3.82. The Balaban J connectivity index is 1.35. The van der Waals surface area contributed by atoms with Gasteiger partial charge in [-0.1, -0.05) is 30.3 Å². The summed E-state index contributed by atoms with van der Waals surface area (Å²) in [5, 5.41) is 10.0. The highest BCUT2D eigenvalue weighted by atomic mass is 16.3. The van der Waals surface area contributed by atoms with Crippen LogP contribution in [0.2, 0.25) is 0 Å². The third kappa shape index (κ3) is 2.47. The van der Waals surface area contributed by atoms with Crippen molar-refractivity contribution in [1.82, 2.24) is 4.90 Å². The molecule has 0 amide bonds. The standard InChI is InChI=1S/C22H27N3O/c1-23-13-14-25-19-10-12-24(11-9-16-5-2-3-8-21(16)26)15-18(19)17-6-4-7-20(23)22(17)25/h2-8,18-19,26H,9-15H2,1H3. The van der Waals surface area contributed by atoms with Crippen LogP contribution in [0.1, 0.15) is 23.5 Å². The summed E-state index contributed by atoms with van der Waals surface area (Å²) in [6.07, 6.45) is 2.16. The van der Waals surface area contributed by atoms with Crippen molar-refractivity contribution in [2.24, 2.45) is 0 Å². The number of aromatic hydroxyl groups is 1. The van der Waals surface area contributed by atoms with Crippen molar-refractivity contribution in [2.75, 3.05) is 49.6 Å². The first-order valence-corrected chi connectivity index (χ1v) is 9.82. The van der Waals surface area contributed by atoms with E-state index >= 15 is 0 Å². The maximum Gasteiger partial charge on any atom is 0.118 e. The zero-order valence-corrected chi connectivity index (χ0v) is 15.4. The highest BCUT2D eigenvalue weighted by molar-refractivity contribution is 5.80. The molecule has 0 aromatic heterocycles. The van der Waals surface area contributed by atoms with Crippen molar-refractivity contribution in [1.29, 1.82) is 0 Å². The van der Waals surface area contributed by atoms with E-state index in [-0.39, 0.29) is 0 Å². The quantitative estimate of drug-likeness (QED) is 0.922. The van der Waals surface area contributed by atoms with E-state index in [1.807, 2.05) is 18.2 Å². The fraction of sp³-hybridized carbons (Fsp3) is 0.455. The largest absolute Gasteiger partial charge is 0.508 e. The number of phenolic OH excluding ortho intramolecular Hbond substituents is 1. The molecular weight excluding hydrogens is 322 g/mol. The molecule has 1 N–H and O–H groups in total. The lowest BCUT2D eigenvalue weighted by Crippen LogP contribution is -2.49. The van der Waals surface area contributed by atoms with Crippen LogP contribution in [0.25, 0.3) is 0 Å². The molecule has 1 saturated heterocycles. The molecule has 26 heavy (non-hydrogen) atoms. The van der Waals surface area contributed by atoms with Crippen LogP contribution in [-0.4, -0.2) is 55.8 Å². The molecule has 0 aliphatic carbocycles. The number of anilines is 2. The number of fused-ring (bicyclic) bond motifs is 3. The van der Waals surface area contributed by atoms with Crippen LogP contribution in [0.15, 0.2) is 42.5 Å². The van der Waals surface area contributed by atoms with Gasteiger partial charge in [0.1, 0.15) is 5.75 Å². The lowest BCUT2D eigenvalue weighted by molar-refractivity contribution is 0.195. The first-order chi connectivity index (χ1) is 12.7. The van der Waals surface area contributed by atoms with Crippen molar-refractivity contribution in [3.63, 3.8) is 0 Å². The third-order valence-electron chi connectivity index (χ3n) is 6.57. The Bertz CT molecular complexity index is 821. The summed E-state index contributed by atoms with van der Waals surface area (Å²) >= 11 is 0. The first kappa shape index (κ1) is 16.0. The average molecular weight is 349 g/mol. The summed E-state index contributed by atoms with van der Waals surface area (Å²) in [7, 11) is 2.22. The van der Waals surface area contributed by atoms with Gasteiger partial charge >= 0.3 is 0 Å². The summed E-state index contributed by atoms with van der Waals surface area (Å²) in [6, 6.07) is 15.3. The zero-order valence-electron chi connectivity index (χ0n) is 15.4. The Labute approximate surface area is 155 Å². The maximum absolute atomic E-state index is 10.0. The second kappa shape index (κ2) is 6.20. The molecular formula is C22H27N3O. The molecule has 4 nitrogen and oxygen atoms in total. The number of likely N-dealkylation sites (tertiary alicyclic amines) is 1. The topological polar surface area (TPSA) is 30.0 Å². The molecule has 3 aliphatic heterocycles. The van der Waals surface area contributed by atoms with Crippen LogP contribution in [0.3, 0.4) is 0 Å². The highest BCUT2D eigenvalue weighted by Gasteiger charge is 2.44. The van der Waals surface area contributed by atoms with E-state index in [1.54, 1.807) is 11.6 Å². The SMILES string of the molecule is CN1CCN2c3c(cccc31)C1CN(CCc3ccccc3O)CCC12. The summed E-state index contributed by atoms with van der Waals surface area (Å²) in [5.41, 5.74) is 5.51. The third-order valence-corrected chi connectivity index (χ3v) is 6.57. The Hall–Kier alpha value is -2.20. The highest BCUT2D eigenvalue weighted by Crippen LogP contribution is 2.50. The van der Waals surface area contributed by atoms with Crippen molar-refractivity contribution >= 4 is 11.4 Å². The molecule has 2 atom stereocenters. The van der Waals surface area contributed by atoms with Crippen molar-refractivity contribution < 1.29 is 5.11 Å². The summed E-state index contributed by atoms with van der Waals surface area (Å²) < 4.78 is 0. The fourth-order valence-electron chi connectivity index (χ4n) is 5.18. The summed E-state index contributed by atoms with van der Waals surface area (Å²) in [5.74, 6) is 1.05. The molecule has 0 bridgehead atoms. The van der Waals surface area contributed by atoms with Gasteiger partial charge in [-0.3, -0.25) is 0 Å². The Morgan fingerprint density at radius 2 is 1.92 bits per heavy atom. The number of hydrogen-bond donors (Lipinski definition) is 1. The minimum absolute atomic E-state index is 0.429. The average Bonchev–Trinajstić information content (AvgIpc) is 2.99. The van der Waals surface area contributed by atoms with Gasteiger partial charge in [-0.2, -0.15) is 0 Å². The summed E-state index contributed by atoms with van der Waals surface area (Å²) in [4.78, 5) is 7.69. The van der Waals surface area contributed by atoms with Gasteiger partial charge in [0.05, 0.1) is 11.4 Å². The molecule has 2 aromatic carbocycles. The van der Waals surface area contributed by atoms with Crippen LogP contribution in [0.4, 0.5) is 11.4 Å². The molecule has 2 unspecified atom stereocenters. The Morgan fingerprint density at radius 1 is 1.04 bits per heavy atom. The van der Waals surface area contributed by atoms with E-state index in [2.05, 4.69) is 39.9 Å². The van der Waals surface area contributed by atoms with Gasteiger partial charge in [-0.25, -0.2) is 0 Å². The number of likely N-dealkylation sites (N-methyl/N-ethyl adjacent to an activating group) is 1. The number of para-hydroxylation sites is 2. The molecule has 0 saturated carbocycles. The Morgan fingerprint density at radius 3 is 2.81 bits per heavy atom. The van der Waals surface area contributed by atoms with Crippen LogP contribution in [0, 0.1) is 0 Å². The van der Waals surface area contributed by atoms with Gasteiger partial charge in [0.15, 0.2) is 0 Å². The molecule has 3 heterocycles. The predicted molar refractivity (Wildman–Crippen MR) is 106 cm³/mol. The van der Waals surface area contributed by atoms with E-state index in [1.165, 1.54) is 17.8 Å². The van der Waals surface area contributed by atoms with Crippen LogP contribution < -0.4 is 9.80 Å². The molecule has 136 valence electrons. The van der Waals surface area contributed by atoms with Gasteiger partial charge in [-0.15, -0.1) is 0 Å². The van der Waals surface area contributed by atoms with Gasteiger partial charge in [0, 0.05) is 51.7 Å². The van der Waals surface area contributed by atoms with Crippen LogP contribution in [-0.2, 0) is 6.42 Å². The van der Waals surface area contributed by atoms with Gasteiger partial charge < -0.3 is 19.8 Å². The smallest absolute Gasteiger partial charge is 0.118 e. The van der Waals surface area contributed by atoms with E-state index < -0.39 is 0 Å². The molecule has 3 aliphatic rings. The monoisotopic (exact) mass is 349 g/mol. The normalized spacial score (nSPS) is 24.5. The number of phenols is 1. The lowest BCUT2D eigenvalue weighted by Gasteiger charge is -2.41. The number of hydrogen-bond acceptors (Lipinski definition) is 4. The van der Waals surface area contributed by atoms with Gasteiger partial charge in [0.25, 0.3) is 0 Å². The first-order valence-electron chi connectivity index (χ1n) is 9.82. The second-order valence-electron chi connectivity index (χ2n) is 7.97. The second-order valence-corrected chi connectivity index (χ2v) is 7.97. The minimum atomic E-state index is 0.429. The maximum atomic E-state index is 10.0. The van der Waals surface area contributed by atoms with E-state index in [0.29, 0.717) is 17.7 Å². The van der Waals surface area contributed by atoms with Crippen molar-refractivity contribution in [3.05, 3.63) is 53.6 Å². The molecule has 0 radical (unpaired) electrons. The van der Waals surface area contributed by atoms with E-state index in [4.69, 9.17) is 0 Å². The minimum Gasteiger partial charge on any atom is -0.508 e.